The molecule has 0 atom stereocenters. The minimum Gasteiger partial charge on any atom is -0.495 e. The third-order valence-corrected chi connectivity index (χ3v) is 2.54. The van der Waals surface area contributed by atoms with E-state index in [0.29, 0.717) is 17.9 Å². The van der Waals surface area contributed by atoms with E-state index >= 15 is 0 Å². The summed E-state index contributed by atoms with van der Waals surface area (Å²) in [5.74, 6) is 0.298. The molecule has 0 amide bonds. The summed E-state index contributed by atoms with van der Waals surface area (Å²) in [5.41, 5.74) is 1.23. The topological polar surface area (TPSA) is 94.0 Å². The molecule has 7 nitrogen and oxygen atoms in total. The predicted molar refractivity (Wildman–Crippen MR) is 65.7 cm³/mol. The molecule has 0 fully saturated rings. The minimum atomic E-state index is -0.550. The number of aromatic nitrogens is 2. The molecule has 0 saturated heterocycles. The van der Waals surface area contributed by atoms with Gasteiger partial charge in [0, 0.05) is 0 Å². The molecule has 2 aromatic rings. The number of hydrogen-bond acceptors (Lipinski definition) is 5. The zero-order valence-electron chi connectivity index (χ0n) is 10.1. The van der Waals surface area contributed by atoms with Gasteiger partial charge in [-0.2, -0.15) is 9.94 Å². The van der Waals surface area contributed by atoms with E-state index in [2.05, 4.69) is 5.10 Å². The maximum Gasteiger partial charge on any atom is 0.389 e. The highest BCUT2D eigenvalue weighted by molar-refractivity contribution is 5.45. The Morgan fingerprint density at radius 3 is 2.89 bits per heavy atom. The van der Waals surface area contributed by atoms with Gasteiger partial charge in [0.05, 0.1) is 36.6 Å². The molecule has 0 aliphatic rings. The van der Waals surface area contributed by atoms with Crippen molar-refractivity contribution in [2.24, 2.45) is 0 Å². The number of methoxy groups -OCH3 is 1. The number of hydrogen-bond donors (Lipinski definition) is 0. The van der Waals surface area contributed by atoms with Crippen LogP contribution in [0.25, 0.3) is 0 Å². The van der Waals surface area contributed by atoms with E-state index in [-0.39, 0.29) is 5.82 Å². The number of nitriles is 1. The molecule has 0 saturated carbocycles. The highest BCUT2D eigenvalue weighted by Gasteiger charge is 2.11. The highest BCUT2D eigenvalue weighted by atomic mass is 16.6. The van der Waals surface area contributed by atoms with Crippen molar-refractivity contribution in [3.63, 3.8) is 0 Å². The van der Waals surface area contributed by atoms with Crippen LogP contribution in [0.4, 0.5) is 5.82 Å². The van der Waals surface area contributed by atoms with Crippen molar-refractivity contribution in [1.29, 1.82) is 5.26 Å². The Kier molecular flexibility index (Phi) is 3.43. The predicted octanol–water partition coefficient (Wildman–Crippen LogP) is 1.72. The molecule has 2 rings (SSSR count). The SMILES string of the molecule is COc1ccc(Cn2ccc([N+](=O)[O-])n2)cc1C#N. The fraction of sp³-hybridized carbons (Fsp3) is 0.167. The second kappa shape index (κ2) is 5.18. The summed E-state index contributed by atoms with van der Waals surface area (Å²) in [7, 11) is 1.49. The lowest BCUT2D eigenvalue weighted by atomic mass is 10.1. The summed E-state index contributed by atoms with van der Waals surface area (Å²) in [4.78, 5) is 9.97. The summed E-state index contributed by atoms with van der Waals surface area (Å²) < 4.78 is 6.49. The van der Waals surface area contributed by atoms with Crippen LogP contribution in [0.1, 0.15) is 11.1 Å². The lowest BCUT2D eigenvalue weighted by molar-refractivity contribution is -0.389. The molecule has 0 spiro atoms. The number of rotatable bonds is 4. The molecular weight excluding hydrogens is 248 g/mol. The summed E-state index contributed by atoms with van der Waals surface area (Å²) in [6, 6.07) is 8.51. The van der Waals surface area contributed by atoms with Gasteiger partial charge in [0.1, 0.15) is 11.8 Å². The van der Waals surface area contributed by atoms with Crippen molar-refractivity contribution < 1.29 is 9.66 Å². The van der Waals surface area contributed by atoms with E-state index in [9.17, 15) is 10.1 Å². The quantitative estimate of drug-likeness (QED) is 0.614. The number of ether oxygens (including phenoxy) is 1. The van der Waals surface area contributed by atoms with Gasteiger partial charge in [-0.15, -0.1) is 0 Å². The molecule has 1 aromatic heterocycles. The van der Waals surface area contributed by atoms with Crippen molar-refractivity contribution in [2.45, 2.75) is 6.54 Å². The van der Waals surface area contributed by atoms with Crippen molar-refractivity contribution in [1.82, 2.24) is 9.78 Å². The van der Waals surface area contributed by atoms with E-state index in [4.69, 9.17) is 10.00 Å². The molecule has 0 aliphatic heterocycles. The third kappa shape index (κ3) is 2.69. The normalized spacial score (nSPS) is 9.89. The number of nitro groups is 1. The van der Waals surface area contributed by atoms with Gasteiger partial charge in [-0.1, -0.05) is 6.07 Å². The summed E-state index contributed by atoms with van der Waals surface area (Å²) >= 11 is 0. The number of benzene rings is 1. The van der Waals surface area contributed by atoms with E-state index < -0.39 is 4.92 Å². The van der Waals surface area contributed by atoms with Crippen LogP contribution in [0.5, 0.6) is 5.75 Å². The van der Waals surface area contributed by atoms with E-state index in [1.54, 1.807) is 18.2 Å². The first kappa shape index (κ1) is 12.6. The number of nitrogens with zero attached hydrogens (tertiary/aromatic N) is 4. The molecule has 0 bridgehead atoms. The zero-order chi connectivity index (χ0) is 13.8. The minimum absolute atomic E-state index is 0.200. The smallest absolute Gasteiger partial charge is 0.389 e. The fourth-order valence-electron chi connectivity index (χ4n) is 1.66. The Morgan fingerprint density at radius 2 is 2.32 bits per heavy atom. The van der Waals surface area contributed by atoms with Crippen LogP contribution in [0.3, 0.4) is 0 Å². The maximum absolute atomic E-state index is 10.5. The largest absolute Gasteiger partial charge is 0.495 e. The zero-order valence-corrected chi connectivity index (χ0v) is 10.1. The average molecular weight is 258 g/mol. The van der Waals surface area contributed by atoms with Gasteiger partial charge in [0.25, 0.3) is 0 Å². The van der Waals surface area contributed by atoms with Gasteiger partial charge in [-0.3, -0.25) is 0 Å². The molecule has 0 radical (unpaired) electrons. The Labute approximate surface area is 108 Å². The van der Waals surface area contributed by atoms with Crippen molar-refractivity contribution >= 4 is 5.82 Å². The van der Waals surface area contributed by atoms with Crippen LogP contribution in [-0.4, -0.2) is 21.8 Å². The highest BCUT2D eigenvalue weighted by Crippen LogP contribution is 2.19. The van der Waals surface area contributed by atoms with Crippen molar-refractivity contribution in [3.05, 3.63) is 51.7 Å². The van der Waals surface area contributed by atoms with E-state index in [1.807, 2.05) is 6.07 Å². The van der Waals surface area contributed by atoms with Crippen LogP contribution in [-0.2, 0) is 6.54 Å². The Morgan fingerprint density at radius 1 is 1.53 bits per heavy atom. The second-order valence-electron chi connectivity index (χ2n) is 3.78. The van der Waals surface area contributed by atoms with Gasteiger partial charge < -0.3 is 14.9 Å². The Bertz CT molecular complexity index is 657. The van der Waals surface area contributed by atoms with Crippen molar-refractivity contribution in [2.75, 3.05) is 7.11 Å². The van der Waals surface area contributed by atoms with Crippen LogP contribution < -0.4 is 4.74 Å². The van der Waals surface area contributed by atoms with Gasteiger partial charge in [-0.25, -0.2) is 0 Å². The van der Waals surface area contributed by atoms with Crippen LogP contribution in [0.15, 0.2) is 30.5 Å². The molecule has 96 valence electrons. The maximum atomic E-state index is 10.5. The molecule has 0 aliphatic carbocycles. The van der Waals surface area contributed by atoms with Gasteiger partial charge in [0.15, 0.2) is 0 Å². The average Bonchev–Trinajstić information content (AvgIpc) is 2.87. The molecule has 1 aromatic carbocycles. The van der Waals surface area contributed by atoms with E-state index in [1.165, 1.54) is 24.1 Å². The van der Waals surface area contributed by atoms with Crippen molar-refractivity contribution in [3.8, 4) is 11.8 Å². The summed E-state index contributed by atoms with van der Waals surface area (Å²) in [6.45, 7) is 0.354. The molecule has 1 heterocycles. The summed E-state index contributed by atoms with van der Waals surface area (Å²) in [6.07, 6.45) is 1.52. The van der Waals surface area contributed by atoms with Crippen LogP contribution in [0, 0.1) is 21.4 Å². The molecule has 0 unspecified atom stereocenters. The lowest BCUT2D eigenvalue weighted by Gasteiger charge is -2.04. The standard InChI is InChI=1S/C12H10N4O3/c1-19-11-3-2-9(6-10(11)7-13)8-15-5-4-12(14-15)16(17)18/h2-6H,8H2,1H3. The molecule has 0 N–H and O–H groups in total. The van der Waals surface area contributed by atoms with Gasteiger partial charge in [0.2, 0.25) is 0 Å². The van der Waals surface area contributed by atoms with E-state index in [0.717, 1.165) is 5.56 Å². The molecular formula is C12H10N4O3. The van der Waals surface area contributed by atoms with Gasteiger partial charge >= 0.3 is 5.82 Å². The third-order valence-electron chi connectivity index (χ3n) is 2.54. The first-order valence-electron chi connectivity index (χ1n) is 5.39. The van der Waals surface area contributed by atoms with Gasteiger partial charge in [-0.05, 0) is 22.6 Å². The molecule has 19 heavy (non-hydrogen) atoms. The Hall–Kier alpha value is -2.88. The first-order chi connectivity index (χ1) is 9.13. The second-order valence-corrected chi connectivity index (χ2v) is 3.78. The first-order valence-corrected chi connectivity index (χ1v) is 5.39. The Balaban J connectivity index is 2.23. The lowest BCUT2D eigenvalue weighted by Crippen LogP contribution is -2.02. The van der Waals surface area contributed by atoms with Crippen LogP contribution in [0.2, 0.25) is 0 Å². The monoisotopic (exact) mass is 258 g/mol. The molecule has 7 heteroatoms. The van der Waals surface area contributed by atoms with Crippen LogP contribution >= 0.6 is 0 Å². The summed E-state index contributed by atoms with van der Waals surface area (Å²) in [5, 5.41) is 23.3. The fourth-order valence-corrected chi connectivity index (χ4v) is 1.66.